The van der Waals surface area contributed by atoms with Crippen molar-refractivity contribution in [1.82, 2.24) is 15.3 Å². The van der Waals surface area contributed by atoms with Gasteiger partial charge in [0, 0.05) is 30.9 Å². The van der Waals surface area contributed by atoms with Crippen molar-refractivity contribution >= 4 is 22.8 Å². The largest absolute Gasteiger partial charge is 0.376 e. The summed E-state index contributed by atoms with van der Waals surface area (Å²) >= 11 is 0. The maximum Gasteiger partial charge on any atom is 0.226 e. The second kappa shape index (κ2) is 8.41. The van der Waals surface area contributed by atoms with Crippen LogP contribution in [0.25, 0.3) is 10.9 Å². The highest BCUT2D eigenvalue weighted by molar-refractivity contribution is 5.82. The molecule has 0 aliphatic carbocycles. The van der Waals surface area contributed by atoms with Gasteiger partial charge in [-0.25, -0.2) is 9.97 Å². The molecule has 2 aliphatic heterocycles. The van der Waals surface area contributed by atoms with Crippen LogP contribution in [0.2, 0.25) is 0 Å². The van der Waals surface area contributed by atoms with E-state index in [-0.39, 0.29) is 17.9 Å². The fourth-order valence-electron chi connectivity index (χ4n) is 3.88. The third kappa shape index (κ3) is 4.25. The number of carbonyl (C=O) groups excluding carboxylic acids is 1. The van der Waals surface area contributed by atoms with Crippen LogP contribution >= 0.6 is 0 Å². The predicted octanol–water partition coefficient (Wildman–Crippen LogP) is 1.99. The summed E-state index contributed by atoms with van der Waals surface area (Å²) in [4.78, 5) is 24.2. The molecule has 1 unspecified atom stereocenters. The molecule has 28 heavy (non-hydrogen) atoms. The molecule has 7 heteroatoms. The number of aryl methyl sites for hydroxylation is 2. The summed E-state index contributed by atoms with van der Waals surface area (Å²) in [5, 5.41) is 4.12. The lowest BCUT2D eigenvalue weighted by Gasteiger charge is -2.32. The molecule has 3 heterocycles. The third-order valence-electron chi connectivity index (χ3n) is 5.57. The molecule has 1 aromatic carbocycles. The fourth-order valence-corrected chi connectivity index (χ4v) is 3.88. The predicted molar refractivity (Wildman–Crippen MR) is 108 cm³/mol. The fraction of sp³-hybridized carbons (Fsp3) is 0.571. The minimum absolute atomic E-state index is 0.0320. The van der Waals surface area contributed by atoms with Gasteiger partial charge < -0.3 is 19.7 Å². The Morgan fingerprint density at radius 1 is 1.21 bits per heavy atom. The van der Waals surface area contributed by atoms with E-state index in [1.54, 1.807) is 0 Å². The van der Waals surface area contributed by atoms with Gasteiger partial charge in [0.15, 0.2) is 0 Å². The highest BCUT2D eigenvalue weighted by Gasteiger charge is 2.27. The number of nitrogens with one attached hydrogen (secondary N) is 1. The van der Waals surface area contributed by atoms with E-state index in [1.165, 1.54) is 5.56 Å². The van der Waals surface area contributed by atoms with Gasteiger partial charge >= 0.3 is 0 Å². The highest BCUT2D eigenvalue weighted by Crippen LogP contribution is 2.24. The summed E-state index contributed by atoms with van der Waals surface area (Å²) in [5.74, 6) is 0.909. The Hall–Kier alpha value is -2.25. The van der Waals surface area contributed by atoms with E-state index < -0.39 is 0 Å². The topological polar surface area (TPSA) is 76.6 Å². The van der Waals surface area contributed by atoms with Gasteiger partial charge in [-0.1, -0.05) is 12.1 Å². The van der Waals surface area contributed by atoms with Crippen molar-refractivity contribution in [2.24, 2.45) is 5.92 Å². The summed E-state index contributed by atoms with van der Waals surface area (Å²) in [6.07, 6.45) is 1.58. The van der Waals surface area contributed by atoms with Crippen LogP contribution in [-0.2, 0) is 14.3 Å². The monoisotopic (exact) mass is 384 g/mol. The van der Waals surface area contributed by atoms with E-state index in [2.05, 4.69) is 35.3 Å². The zero-order valence-electron chi connectivity index (χ0n) is 16.6. The molecule has 150 valence electrons. The summed E-state index contributed by atoms with van der Waals surface area (Å²) < 4.78 is 11.0. The SMILES string of the molecule is Cc1ccc2c(C)nc(N3CCC(C(=O)NCC4COCCO4)CC3)nc2c1. The maximum absolute atomic E-state index is 12.5. The molecule has 2 fully saturated rings. The number of piperidine rings is 1. The molecule has 7 nitrogen and oxygen atoms in total. The molecule has 1 aromatic heterocycles. The molecule has 0 bridgehead atoms. The van der Waals surface area contributed by atoms with Crippen molar-refractivity contribution in [3.05, 3.63) is 29.5 Å². The Labute approximate surface area is 165 Å². The molecule has 1 atom stereocenters. The van der Waals surface area contributed by atoms with Crippen LogP contribution in [0, 0.1) is 19.8 Å². The van der Waals surface area contributed by atoms with Gasteiger partial charge in [-0.05, 0) is 38.3 Å². The Bertz CT molecular complexity index is 843. The molecule has 0 radical (unpaired) electrons. The van der Waals surface area contributed by atoms with Crippen molar-refractivity contribution in [1.29, 1.82) is 0 Å². The van der Waals surface area contributed by atoms with Gasteiger partial charge in [-0.2, -0.15) is 0 Å². The molecule has 4 rings (SSSR count). The van der Waals surface area contributed by atoms with Gasteiger partial charge in [0.1, 0.15) is 0 Å². The first-order chi connectivity index (χ1) is 13.6. The lowest BCUT2D eigenvalue weighted by Crippen LogP contribution is -2.45. The van der Waals surface area contributed by atoms with Gasteiger partial charge in [0.25, 0.3) is 0 Å². The Morgan fingerprint density at radius 2 is 2.04 bits per heavy atom. The van der Waals surface area contributed by atoms with E-state index >= 15 is 0 Å². The van der Waals surface area contributed by atoms with Crippen LogP contribution in [0.5, 0.6) is 0 Å². The molecule has 2 aromatic rings. The zero-order chi connectivity index (χ0) is 19.5. The smallest absolute Gasteiger partial charge is 0.226 e. The first-order valence-corrected chi connectivity index (χ1v) is 10.1. The van der Waals surface area contributed by atoms with Crippen LogP contribution in [-0.4, -0.2) is 61.4 Å². The van der Waals surface area contributed by atoms with Gasteiger partial charge in [-0.3, -0.25) is 4.79 Å². The van der Waals surface area contributed by atoms with Gasteiger partial charge in [0.2, 0.25) is 11.9 Å². The van der Waals surface area contributed by atoms with E-state index in [9.17, 15) is 4.79 Å². The van der Waals surface area contributed by atoms with Gasteiger partial charge in [-0.15, -0.1) is 0 Å². The van der Waals surface area contributed by atoms with Crippen molar-refractivity contribution in [3.63, 3.8) is 0 Å². The van der Waals surface area contributed by atoms with Crippen molar-refractivity contribution in [2.45, 2.75) is 32.8 Å². The number of amides is 1. The van der Waals surface area contributed by atoms with Gasteiger partial charge in [0.05, 0.1) is 37.1 Å². The van der Waals surface area contributed by atoms with E-state index in [4.69, 9.17) is 19.4 Å². The summed E-state index contributed by atoms with van der Waals surface area (Å²) in [6.45, 7) is 7.99. The maximum atomic E-state index is 12.5. The number of nitrogens with zero attached hydrogens (tertiary/aromatic N) is 3. The number of carbonyl (C=O) groups is 1. The van der Waals surface area contributed by atoms with Crippen LogP contribution in [0.3, 0.4) is 0 Å². The highest BCUT2D eigenvalue weighted by atomic mass is 16.6. The summed E-state index contributed by atoms with van der Waals surface area (Å²) in [6, 6.07) is 6.28. The number of anilines is 1. The molecule has 0 spiro atoms. The molecule has 2 aliphatic rings. The van der Waals surface area contributed by atoms with Crippen molar-refractivity contribution in [3.8, 4) is 0 Å². The van der Waals surface area contributed by atoms with Crippen LogP contribution in [0.1, 0.15) is 24.1 Å². The summed E-state index contributed by atoms with van der Waals surface area (Å²) in [7, 11) is 0. The normalized spacial score (nSPS) is 21.1. The molecule has 0 saturated carbocycles. The summed E-state index contributed by atoms with van der Waals surface area (Å²) in [5.41, 5.74) is 3.17. The Morgan fingerprint density at radius 3 is 2.79 bits per heavy atom. The Balaban J connectivity index is 1.34. The molecule has 2 saturated heterocycles. The van der Waals surface area contributed by atoms with Crippen LogP contribution < -0.4 is 10.2 Å². The number of rotatable bonds is 4. The molecule has 1 amide bonds. The number of aromatic nitrogens is 2. The second-order valence-electron chi connectivity index (χ2n) is 7.70. The standard InChI is InChI=1S/C21H28N4O3/c1-14-3-4-18-15(2)23-21(24-19(18)11-14)25-7-5-16(6-8-25)20(26)22-12-17-13-27-9-10-28-17/h3-4,11,16-17H,5-10,12-13H2,1-2H3,(H,22,26). The average Bonchev–Trinajstić information content (AvgIpc) is 2.72. The zero-order valence-corrected chi connectivity index (χ0v) is 16.6. The van der Waals surface area contributed by atoms with Crippen molar-refractivity contribution in [2.75, 3.05) is 44.4 Å². The molecular weight excluding hydrogens is 356 g/mol. The van der Waals surface area contributed by atoms with Crippen molar-refractivity contribution < 1.29 is 14.3 Å². The van der Waals surface area contributed by atoms with Crippen LogP contribution in [0.15, 0.2) is 18.2 Å². The molecule has 1 N–H and O–H groups in total. The lowest BCUT2D eigenvalue weighted by molar-refractivity contribution is -0.128. The lowest BCUT2D eigenvalue weighted by atomic mass is 9.96. The third-order valence-corrected chi connectivity index (χ3v) is 5.57. The minimum atomic E-state index is -0.0322. The van der Waals surface area contributed by atoms with E-state index in [1.807, 2.05) is 6.92 Å². The van der Waals surface area contributed by atoms with Crippen LogP contribution in [0.4, 0.5) is 5.95 Å². The quantitative estimate of drug-likeness (QED) is 0.869. The average molecular weight is 384 g/mol. The van der Waals surface area contributed by atoms with E-state index in [0.717, 1.165) is 48.5 Å². The first-order valence-electron chi connectivity index (χ1n) is 10.1. The Kier molecular flexibility index (Phi) is 5.73. The number of hydrogen-bond acceptors (Lipinski definition) is 6. The molecular formula is C21H28N4O3. The number of ether oxygens (including phenoxy) is 2. The van der Waals surface area contributed by atoms with E-state index in [0.29, 0.717) is 26.4 Å². The number of hydrogen-bond donors (Lipinski definition) is 1. The first kappa shape index (κ1) is 19.1. The second-order valence-corrected chi connectivity index (χ2v) is 7.70. The number of fused-ring (bicyclic) bond motifs is 1. The number of benzene rings is 1. The minimum Gasteiger partial charge on any atom is -0.376 e.